The van der Waals surface area contributed by atoms with E-state index in [4.69, 9.17) is 4.74 Å². The molecule has 2 amide bonds. The Morgan fingerprint density at radius 1 is 0.964 bits per heavy atom. The third-order valence-electron chi connectivity index (χ3n) is 3.75. The SMILES string of the molecule is CC(C)COc1ccccc1NC(=O)CNc1ccc(C(=O)NC(C)C)cc1. The van der Waals surface area contributed by atoms with Crippen LogP contribution >= 0.6 is 0 Å². The van der Waals surface area contributed by atoms with Crippen LogP contribution in [0.15, 0.2) is 48.5 Å². The van der Waals surface area contributed by atoms with E-state index in [1.165, 1.54) is 0 Å². The minimum absolute atomic E-state index is 0.0846. The molecule has 150 valence electrons. The average Bonchev–Trinajstić information content (AvgIpc) is 2.65. The first-order valence-electron chi connectivity index (χ1n) is 9.51. The molecule has 28 heavy (non-hydrogen) atoms. The van der Waals surface area contributed by atoms with Gasteiger partial charge in [-0.3, -0.25) is 9.59 Å². The average molecular weight is 383 g/mol. The second-order valence-corrected chi connectivity index (χ2v) is 7.31. The number of hydrogen-bond acceptors (Lipinski definition) is 4. The lowest BCUT2D eigenvalue weighted by Gasteiger charge is -2.14. The largest absolute Gasteiger partial charge is 0.491 e. The molecule has 0 radical (unpaired) electrons. The Morgan fingerprint density at radius 3 is 2.29 bits per heavy atom. The van der Waals surface area contributed by atoms with Crippen LogP contribution in [0.5, 0.6) is 5.75 Å². The molecule has 0 atom stereocenters. The van der Waals surface area contributed by atoms with Crippen LogP contribution in [-0.4, -0.2) is 31.0 Å². The third kappa shape index (κ3) is 6.95. The topological polar surface area (TPSA) is 79.5 Å². The Bertz CT molecular complexity index is 786. The Balaban J connectivity index is 1.88. The molecule has 6 heteroatoms. The van der Waals surface area contributed by atoms with Gasteiger partial charge in [0.15, 0.2) is 0 Å². The normalized spacial score (nSPS) is 10.6. The zero-order valence-corrected chi connectivity index (χ0v) is 16.9. The molecule has 0 saturated heterocycles. The van der Waals surface area contributed by atoms with E-state index in [0.717, 1.165) is 5.69 Å². The fourth-order valence-electron chi connectivity index (χ4n) is 2.41. The van der Waals surface area contributed by atoms with E-state index in [2.05, 4.69) is 29.8 Å². The zero-order chi connectivity index (χ0) is 20.5. The smallest absolute Gasteiger partial charge is 0.251 e. The van der Waals surface area contributed by atoms with Gasteiger partial charge >= 0.3 is 0 Å². The van der Waals surface area contributed by atoms with E-state index in [-0.39, 0.29) is 24.4 Å². The number of rotatable bonds is 9. The molecule has 0 aliphatic rings. The van der Waals surface area contributed by atoms with Crippen LogP contribution in [0, 0.1) is 5.92 Å². The van der Waals surface area contributed by atoms with Crippen molar-refractivity contribution in [3.63, 3.8) is 0 Å². The highest BCUT2D eigenvalue weighted by atomic mass is 16.5. The molecule has 0 heterocycles. The Kier molecular flexibility index (Phi) is 7.87. The molecule has 0 aliphatic heterocycles. The van der Waals surface area contributed by atoms with Crippen molar-refractivity contribution in [3.8, 4) is 5.75 Å². The van der Waals surface area contributed by atoms with Gasteiger partial charge in [0, 0.05) is 17.3 Å². The molecule has 6 nitrogen and oxygen atoms in total. The maximum absolute atomic E-state index is 12.3. The fraction of sp³-hybridized carbons (Fsp3) is 0.364. The van der Waals surface area contributed by atoms with Crippen molar-refractivity contribution in [1.82, 2.24) is 5.32 Å². The van der Waals surface area contributed by atoms with E-state index in [0.29, 0.717) is 29.5 Å². The van der Waals surface area contributed by atoms with Gasteiger partial charge in [-0.05, 0) is 56.2 Å². The van der Waals surface area contributed by atoms with Crippen LogP contribution in [-0.2, 0) is 4.79 Å². The lowest BCUT2D eigenvalue weighted by Crippen LogP contribution is -2.30. The fourth-order valence-corrected chi connectivity index (χ4v) is 2.41. The first kappa shape index (κ1) is 21.3. The van der Waals surface area contributed by atoms with E-state index >= 15 is 0 Å². The number of para-hydroxylation sites is 2. The quantitative estimate of drug-likeness (QED) is 0.613. The van der Waals surface area contributed by atoms with Gasteiger partial charge in [0.05, 0.1) is 18.8 Å². The highest BCUT2D eigenvalue weighted by Crippen LogP contribution is 2.24. The number of nitrogens with one attached hydrogen (secondary N) is 3. The second kappa shape index (κ2) is 10.3. The number of hydrogen-bond donors (Lipinski definition) is 3. The third-order valence-corrected chi connectivity index (χ3v) is 3.75. The maximum Gasteiger partial charge on any atom is 0.251 e. The number of carbonyl (C=O) groups excluding carboxylic acids is 2. The van der Waals surface area contributed by atoms with Gasteiger partial charge in [-0.15, -0.1) is 0 Å². The van der Waals surface area contributed by atoms with Crippen molar-refractivity contribution in [2.24, 2.45) is 5.92 Å². The van der Waals surface area contributed by atoms with E-state index in [1.807, 2.05) is 38.1 Å². The van der Waals surface area contributed by atoms with Gasteiger partial charge in [0.2, 0.25) is 5.91 Å². The molecular weight excluding hydrogens is 354 g/mol. The number of benzene rings is 2. The number of carbonyl (C=O) groups is 2. The van der Waals surface area contributed by atoms with Gasteiger partial charge in [0.25, 0.3) is 5.91 Å². The van der Waals surface area contributed by atoms with Crippen LogP contribution in [0.3, 0.4) is 0 Å². The standard InChI is InChI=1S/C22H29N3O3/c1-15(2)14-28-20-8-6-5-7-19(20)25-21(26)13-23-18-11-9-17(10-12-18)22(27)24-16(3)4/h5-12,15-16,23H,13-14H2,1-4H3,(H,24,27)(H,25,26). The molecular formula is C22H29N3O3. The Morgan fingerprint density at radius 2 is 1.64 bits per heavy atom. The summed E-state index contributed by atoms with van der Waals surface area (Å²) >= 11 is 0. The first-order valence-corrected chi connectivity index (χ1v) is 9.51. The number of amides is 2. The Hall–Kier alpha value is -3.02. The molecule has 0 saturated carbocycles. The van der Waals surface area contributed by atoms with Crippen LogP contribution in [0.2, 0.25) is 0 Å². The lowest BCUT2D eigenvalue weighted by atomic mass is 10.2. The van der Waals surface area contributed by atoms with Crippen molar-refractivity contribution in [2.75, 3.05) is 23.8 Å². The van der Waals surface area contributed by atoms with Crippen molar-refractivity contribution in [2.45, 2.75) is 33.7 Å². The molecule has 0 aliphatic carbocycles. The molecule has 0 fully saturated rings. The van der Waals surface area contributed by atoms with Crippen molar-refractivity contribution in [3.05, 3.63) is 54.1 Å². The maximum atomic E-state index is 12.3. The first-order chi connectivity index (χ1) is 13.3. The van der Waals surface area contributed by atoms with E-state index < -0.39 is 0 Å². The summed E-state index contributed by atoms with van der Waals surface area (Å²) < 4.78 is 5.75. The molecule has 0 aromatic heterocycles. The molecule has 2 rings (SSSR count). The van der Waals surface area contributed by atoms with Gasteiger partial charge in [0.1, 0.15) is 5.75 Å². The summed E-state index contributed by atoms with van der Waals surface area (Å²) in [6, 6.07) is 14.5. The van der Waals surface area contributed by atoms with E-state index in [1.54, 1.807) is 24.3 Å². The van der Waals surface area contributed by atoms with Gasteiger partial charge < -0.3 is 20.7 Å². The van der Waals surface area contributed by atoms with Crippen molar-refractivity contribution in [1.29, 1.82) is 0 Å². The predicted molar refractivity (Wildman–Crippen MR) is 113 cm³/mol. The molecule has 0 unspecified atom stereocenters. The summed E-state index contributed by atoms with van der Waals surface area (Å²) in [5.41, 5.74) is 2.00. The van der Waals surface area contributed by atoms with E-state index in [9.17, 15) is 9.59 Å². The second-order valence-electron chi connectivity index (χ2n) is 7.31. The predicted octanol–water partition coefficient (Wildman–Crippen LogP) is 3.91. The number of ether oxygens (including phenoxy) is 1. The minimum atomic E-state index is -0.178. The molecule has 2 aromatic rings. The molecule has 0 spiro atoms. The summed E-state index contributed by atoms with van der Waals surface area (Å²) in [6.45, 7) is 8.67. The van der Waals surface area contributed by atoms with Crippen LogP contribution in [0.25, 0.3) is 0 Å². The van der Waals surface area contributed by atoms with Gasteiger partial charge in [-0.2, -0.15) is 0 Å². The summed E-state index contributed by atoms with van der Waals surface area (Å²) in [7, 11) is 0. The van der Waals surface area contributed by atoms with Crippen LogP contribution in [0.1, 0.15) is 38.1 Å². The minimum Gasteiger partial charge on any atom is -0.491 e. The van der Waals surface area contributed by atoms with Gasteiger partial charge in [-0.25, -0.2) is 0 Å². The van der Waals surface area contributed by atoms with Gasteiger partial charge in [-0.1, -0.05) is 26.0 Å². The number of anilines is 2. The summed E-state index contributed by atoms with van der Waals surface area (Å²) in [5.74, 6) is 0.764. The highest BCUT2D eigenvalue weighted by Gasteiger charge is 2.09. The molecule has 0 bridgehead atoms. The van der Waals surface area contributed by atoms with Crippen molar-refractivity contribution < 1.29 is 14.3 Å². The Labute approximate surface area is 166 Å². The molecule has 2 aromatic carbocycles. The van der Waals surface area contributed by atoms with Crippen LogP contribution in [0.4, 0.5) is 11.4 Å². The van der Waals surface area contributed by atoms with Crippen molar-refractivity contribution >= 4 is 23.2 Å². The monoisotopic (exact) mass is 383 g/mol. The molecule has 3 N–H and O–H groups in total. The highest BCUT2D eigenvalue weighted by molar-refractivity contribution is 5.96. The summed E-state index contributed by atoms with van der Waals surface area (Å²) in [6.07, 6.45) is 0. The summed E-state index contributed by atoms with van der Waals surface area (Å²) in [5, 5.41) is 8.77. The summed E-state index contributed by atoms with van der Waals surface area (Å²) in [4.78, 5) is 24.2. The zero-order valence-electron chi connectivity index (χ0n) is 16.9. The lowest BCUT2D eigenvalue weighted by molar-refractivity contribution is -0.114. The van der Waals surface area contributed by atoms with Crippen LogP contribution < -0.4 is 20.7 Å².